The van der Waals surface area contributed by atoms with Gasteiger partial charge in [-0.1, -0.05) is 18.2 Å². The van der Waals surface area contributed by atoms with Gasteiger partial charge in [-0.3, -0.25) is 24.0 Å². The summed E-state index contributed by atoms with van der Waals surface area (Å²) in [6.45, 7) is 6.81. The zero-order valence-corrected chi connectivity index (χ0v) is 22.7. The first-order chi connectivity index (χ1) is 18.3. The second-order valence-corrected chi connectivity index (χ2v) is 11.3. The highest BCUT2D eigenvalue weighted by atomic mass is 16.2. The molecule has 3 atom stereocenters. The zero-order valence-electron chi connectivity index (χ0n) is 22.7. The van der Waals surface area contributed by atoms with Crippen molar-refractivity contribution in [3.63, 3.8) is 0 Å². The predicted molar refractivity (Wildman–Crippen MR) is 144 cm³/mol. The second kappa shape index (κ2) is 9.52. The zero-order chi connectivity index (χ0) is 26.6. The normalized spacial score (nSPS) is 27.4. The third-order valence-corrected chi connectivity index (χ3v) is 9.43. The molecule has 3 saturated heterocycles. The Morgan fingerprint density at radius 1 is 1.11 bits per heavy atom. The van der Waals surface area contributed by atoms with Gasteiger partial charge in [0.1, 0.15) is 5.54 Å². The highest BCUT2D eigenvalue weighted by Gasteiger charge is 2.67. The monoisotopic (exact) mass is 518 g/mol. The largest absolute Gasteiger partial charge is 0.356 e. The Morgan fingerprint density at radius 3 is 2.71 bits per heavy atom. The Hall–Kier alpha value is -3.20. The van der Waals surface area contributed by atoms with E-state index in [4.69, 9.17) is 0 Å². The number of rotatable bonds is 3. The molecule has 0 saturated carbocycles. The number of carbonyl (C=O) groups excluding carboxylic acids is 3. The number of aryl methyl sites for hydroxylation is 2. The van der Waals surface area contributed by atoms with Crippen LogP contribution in [0.3, 0.4) is 0 Å². The van der Waals surface area contributed by atoms with E-state index < -0.39 is 11.5 Å². The second-order valence-electron chi connectivity index (χ2n) is 11.3. The van der Waals surface area contributed by atoms with E-state index in [0.717, 1.165) is 54.0 Å². The molecule has 1 spiro atoms. The molecule has 2 aromatic rings. The lowest BCUT2D eigenvalue weighted by atomic mass is 9.78. The summed E-state index contributed by atoms with van der Waals surface area (Å²) in [6, 6.07) is 8.23. The Balaban J connectivity index is 1.29. The van der Waals surface area contributed by atoms with Crippen molar-refractivity contribution in [1.29, 1.82) is 0 Å². The Morgan fingerprint density at radius 2 is 1.92 bits per heavy atom. The van der Waals surface area contributed by atoms with Gasteiger partial charge < -0.3 is 15.1 Å². The molecule has 2 bridgehead atoms. The summed E-state index contributed by atoms with van der Waals surface area (Å²) in [5.41, 5.74) is 4.07. The number of nitrogens with zero attached hydrogens (tertiary/aromatic N) is 5. The lowest BCUT2D eigenvalue weighted by molar-refractivity contribution is -0.139. The van der Waals surface area contributed by atoms with Crippen LogP contribution in [0.2, 0.25) is 0 Å². The molecule has 1 aromatic heterocycles. The van der Waals surface area contributed by atoms with Crippen LogP contribution < -0.4 is 10.2 Å². The minimum atomic E-state index is -0.939. The third-order valence-electron chi connectivity index (χ3n) is 9.43. The lowest BCUT2D eigenvalue weighted by Crippen LogP contribution is -2.57. The molecule has 38 heavy (non-hydrogen) atoms. The molecule has 0 unspecified atom stereocenters. The smallest absolute Gasteiger partial charge is 0.253 e. The molecule has 9 nitrogen and oxygen atoms in total. The van der Waals surface area contributed by atoms with Gasteiger partial charge in [-0.2, -0.15) is 5.10 Å². The standard InChI is InChI=1S/C29H38N6O3/c1-19-22(20(2)32(3)31-19)11-12-26(36)33-14-7-13-30-27(37)24-18-21-8-6-15-35(21)29(24)23-9-4-5-10-25(23)34(17-16-33)28(29)38/h4-5,9-10,21,24H,6-8,11-18H2,1-3H3,(H,30,37)/t21-,24+,29+/m0/s1. The predicted octanol–water partition coefficient (Wildman–Crippen LogP) is 2.04. The van der Waals surface area contributed by atoms with Crippen molar-refractivity contribution in [3.8, 4) is 0 Å². The van der Waals surface area contributed by atoms with E-state index in [1.165, 1.54) is 0 Å². The number of fused-ring (bicyclic) bond motifs is 4. The first kappa shape index (κ1) is 25.1. The number of benzene rings is 1. The molecule has 0 radical (unpaired) electrons. The maximum absolute atomic E-state index is 14.4. The van der Waals surface area contributed by atoms with Gasteiger partial charge in [0.2, 0.25) is 11.8 Å². The molecule has 5 heterocycles. The number of anilines is 1. The van der Waals surface area contributed by atoms with Crippen LogP contribution in [0.5, 0.6) is 0 Å². The van der Waals surface area contributed by atoms with Gasteiger partial charge in [0.05, 0.1) is 11.6 Å². The van der Waals surface area contributed by atoms with Crippen molar-refractivity contribution in [3.05, 3.63) is 46.8 Å². The molecule has 4 aliphatic rings. The van der Waals surface area contributed by atoms with Crippen molar-refractivity contribution < 1.29 is 14.4 Å². The van der Waals surface area contributed by atoms with Crippen LogP contribution in [-0.2, 0) is 33.4 Å². The number of hydrogen-bond donors (Lipinski definition) is 1. The Kier molecular flexibility index (Phi) is 6.29. The maximum Gasteiger partial charge on any atom is 0.253 e. The van der Waals surface area contributed by atoms with Crippen molar-refractivity contribution in [2.45, 2.75) is 64.0 Å². The molecule has 1 aromatic carbocycles. The fourth-order valence-electron chi connectivity index (χ4n) is 7.54. The van der Waals surface area contributed by atoms with Gasteiger partial charge in [-0.15, -0.1) is 0 Å². The topological polar surface area (TPSA) is 90.8 Å². The first-order valence-corrected chi connectivity index (χ1v) is 14.1. The lowest BCUT2D eigenvalue weighted by Gasteiger charge is -2.38. The average molecular weight is 519 g/mol. The molecule has 6 rings (SSSR count). The summed E-state index contributed by atoms with van der Waals surface area (Å²) in [5, 5.41) is 7.62. The molecule has 1 N–H and O–H groups in total. The van der Waals surface area contributed by atoms with Gasteiger partial charge in [0.25, 0.3) is 5.91 Å². The van der Waals surface area contributed by atoms with Crippen LogP contribution in [0, 0.1) is 19.8 Å². The van der Waals surface area contributed by atoms with Crippen molar-refractivity contribution in [1.82, 2.24) is 24.9 Å². The maximum atomic E-state index is 14.4. The fourth-order valence-corrected chi connectivity index (χ4v) is 7.54. The number of para-hydroxylation sites is 1. The molecular formula is C29H38N6O3. The van der Waals surface area contributed by atoms with Crippen molar-refractivity contribution >= 4 is 23.4 Å². The number of hydrogen-bond acceptors (Lipinski definition) is 5. The minimum absolute atomic E-state index is 0.00201. The van der Waals surface area contributed by atoms with Crippen LogP contribution in [0.1, 0.15) is 54.6 Å². The van der Waals surface area contributed by atoms with E-state index in [-0.39, 0.29) is 23.8 Å². The highest BCUT2D eigenvalue weighted by Crippen LogP contribution is 2.57. The van der Waals surface area contributed by atoms with Crippen molar-refractivity contribution in [2.24, 2.45) is 13.0 Å². The average Bonchev–Trinajstić information content (AvgIpc) is 3.61. The molecule has 9 heteroatoms. The van der Waals surface area contributed by atoms with E-state index in [1.807, 2.05) is 59.6 Å². The summed E-state index contributed by atoms with van der Waals surface area (Å²) in [6.07, 6.45) is 4.52. The Bertz CT molecular complexity index is 1290. The van der Waals surface area contributed by atoms with Gasteiger partial charge in [0, 0.05) is 62.6 Å². The van der Waals surface area contributed by atoms with Crippen LogP contribution in [0.25, 0.3) is 0 Å². The SMILES string of the molecule is Cc1nn(C)c(C)c1CCC(=O)N1CCCNC(=O)[C@H]2C[C@@H]3CCCN3[C@@]23C(=O)N(CC1)c1ccccc13. The van der Waals surface area contributed by atoms with Crippen LogP contribution in [-0.4, -0.2) is 76.1 Å². The summed E-state index contributed by atoms with van der Waals surface area (Å²) in [5.74, 6) is -0.359. The number of nitrogens with one attached hydrogen (secondary N) is 1. The fraction of sp³-hybridized carbons (Fsp3) is 0.586. The van der Waals surface area contributed by atoms with E-state index in [2.05, 4.69) is 15.3 Å². The Labute approximate surface area is 224 Å². The third kappa shape index (κ3) is 3.69. The van der Waals surface area contributed by atoms with Crippen LogP contribution in [0.4, 0.5) is 5.69 Å². The van der Waals surface area contributed by atoms with E-state index in [0.29, 0.717) is 45.4 Å². The highest BCUT2D eigenvalue weighted by molar-refractivity contribution is 6.11. The minimum Gasteiger partial charge on any atom is -0.356 e. The van der Waals surface area contributed by atoms with Gasteiger partial charge in [-0.25, -0.2) is 0 Å². The molecular weight excluding hydrogens is 480 g/mol. The van der Waals surface area contributed by atoms with Crippen molar-refractivity contribution in [2.75, 3.05) is 37.6 Å². The molecule has 4 aliphatic heterocycles. The molecule has 0 aliphatic carbocycles. The number of carbonyl (C=O) groups is 3. The van der Waals surface area contributed by atoms with Crippen LogP contribution in [0.15, 0.2) is 24.3 Å². The van der Waals surface area contributed by atoms with Gasteiger partial charge in [0.15, 0.2) is 0 Å². The van der Waals surface area contributed by atoms with E-state index in [9.17, 15) is 14.4 Å². The molecule has 3 fully saturated rings. The van der Waals surface area contributed by atoms with E-state index in [1.54, 1.807) is 0 Å². The van der Waals surface area contributed by atoms with Crippen LogP contribution >= 0.6 is 0 Å². The quantitative estimate of drug-likeness (QED) is 0.672. The number of amides is 3. The summed E-state index contributed by atoms with van der Waals surface area (Å²) in [7, 11) is 1.93. The van der Waals surface area contributed by atoms with E-state index >= 15 is 0 Å². The number of aromatic nitrogens is 2. The molecule has 202 valence electrons. The summed E-state index contributed by atoms with van der Waals surface area (Å²) < 4.78 is 1.86. The molecule has 3 amide bonds. The summed E-state index contributed by atoms with van der Waals surface area (Å²) in [4.78, 5) is 47.6. The summed E-state index contributed by atoms with van der Waals surface area (Å²) >= 11 is 0. The first-order valence-electron chi connectivity index (χ1n) is 14.1. The van der Waals surface area contributed by atoms with Gasteiger partial charge >= 0.3 is 0 Å². The van der Waals surface area contributed by atoms with Gasteiger partial charge in [-0.05, 0) is 64.1 Å².